The second-order valence-electron chi connectivity index (χ2n) is 7.35. The Morgan fingerprint density at radius 1 is 1.19 bits per heavy atom. The van der Waals surface area contributed by atoms with Crippen LogP contribution in [0, 0.1) is 5.92 Å². The summed E-state index contributed by atoms with van der Waals surface area (Å²) in [4.78, 5) is 35.6. The smallest absolute Gasteiger partial charge is 0.408 e. The van der Waals surface area contributed by atoms with Crippen molar-refractivity contribution in [3.8, 4) is 5.75 Å². The van der Waals surface area contributed by atoms with Gasteiger partial charge in [0.15, 0.2) is 0 Å². The number of carboxylic acid groups (broad SMARTS) is 1. The second-order valence-corrected chi connectivity index (χ2v) is 7.35. The maximum absolute atomic E-state index is 12.5. The number of nitrogens with one attached hydrogen (secondary N) is 2. The first kappa shape index (κ1) is 21.3. The van der Waals surface area contributed by atoms with E-state index in [4.69, 9.17) is 9.84 Å². The third-order valence-electron chi connectivity index (χ3n) is 3.21. The highest BCUT2D eigenvalue weighted by Gasteiger charge is 2.25. The average molecular weight is 366 g/mol. The van der Waals surface area contributed by atoms with Crippen molar-refractivity contribution in [2.45, 2.75) is 52.7 Å². The van der Waals surface area contributed by atoms with Gasteiger partial charge in [-0.3, -0.25) is 4.79 Å². The van der Waals surface area contributed by atoms with E-state index in [9.17, 15) is 19.5 Å². The molecule has 0 unspecified atom stereocenters. The minimum Gasteiger partial charge on any atom is -0.507 e. The van der Waals surface area contributed by atoms with Gasteiger partial charge in [-0.25, -0.2) is 9.59 Å². The molecular weight excluding hydrogens is 340 g/mol. The Bertz CT molecular complexity index is 679. The number of benzene rings is 1. The molecule has 0 aliphatic heterocycles. The monoisotopic (exact) mass is 366 g/mol. The number of rotatable bonds is 6. The molecule has 1 atom stereocenters. The lowest BCUT2D eigenvalue weighted by molar-refractivity contribution is -0.118. The summed E-state index contributed by atoms with van der Waals surface area (Å²) in [7, 11) is 0. The van der Waals surface area contributed by atoms with E-state index in [-0.39, 0.29) is 17.2 Å². The number of hydrogen-bond donors (Lipinski definition) is 4. The fraction of sp³-hybridized carbons (Fsp3) is 0.500. The zero-order valence-electron chi connectivity index (χ0n) is 15.6. The van der Waals surface area contributed by atoms with Crippen molar-refractivity contribution in [3.05, 3.63) is 23.8 Å². The number of phenols is 1. The summed E-state index contributed by atoms with van der Waals surface area (Å²) in [5.41, 5.74) is -0.829. The van der Waals surface area contributed by atoms with Crippen LogP contribution in [0.5, 0.6) is 5.75 Å². The van der Waals surface area contributed by atoms with Crippen LogP contribution in [0.1, 0.15) is 51.4 Å². The minimum atomic E-state index is -1.32. The Balaban J connectivity index is 2.91. The Morgan fingerprint density at radius 2 is 1.81 bits per heavy atom. The predicted molar refractivity (Wildman–Crippen MR) is 96.3 cm³/mol. The molecule has 0 heterocycles. The van der Waals surface area contributed by atoms with Crippen molar-refractivity contribution in [2.24, 2.45) is 5.92 Å². The van der Waals surface area contributed by atoms with Gasteiger partial charge < -0.3 is 25.6 Å². The minimum absolute atomic E-state index is 0.120. The normalized spacial score (nSPS) is 12.4. The van der Waals surface area contributed by atoms with Gasteiger partial charge in [-0.2, -0.15) is 0 Å². The molecule has 8 heteroatoms. The first-order chi connectivity index (χ1) is 11.9. The van der Waals surface area contributed by atoms with Crippen molar-refractivity contribution in [2.75, 3.05) is 5.32 Å². The largest absolute Gasteiger partial charge is 0.507 e. The van der Waals surface area contributed by atoms with Crippen LogP contribution >= 0.6 is 0 Å². The Labute approximate surface area is 152 Å². The molecule has 0 radical (unpaired) electrons. The summed E-state index contributed by atoms with van der Waals surface area (Å²) in [5.74, 6) is -2.10. The molecule has 26 heavy (non-hydrogen) atoms. The molecular formula is C18H26N2O6. The number of aromatic hydroxyl groups is 1. The van der Waals surface area contributed by atoms with Crippen LogP contribution in [-0.2, 0) is 9.53 Å². The lowest BCUT2D eigenvalue weighted by Gasteiger charge is -2.24. The average Bonchev–Trinajstić information content (AvgIpc) is 2.45. The lowest BCUT2D eigenvalue weighted by atomic mass is 10.0. The van der Waals surface area contributed by atoms with Gasteiger partial charge in [-0.1, -0.05) is 13.8 Å². The van der Waals surface area contributed by atoms with Gasteiger partial charge in [0.05, 0.1) is 0 Å². The summed E-state index contributed by atoms with van der Waals surface area (Å²) < 4.78 is 5.18. The van der Waals surface area contributed by atoms with Crippen molar-refractivity contribution < 1.29 is 29.3 Å². The summed E-state index contributed by atoms with van der Waals surface area (Å²) in [5, 5.41) is 23.7. The topological polar surface area (TPSA) is 125 Å². The third-order valence-corrected chi connectivity index (χ3v) is 3.21. The van der Waals surface area contributed by atoms with Gasteiger partial charge in [0.25, 0.3) is 0 Å². The molecule has 0 aliphatic carbocycles. The first-order valence-electron chi connectivity index (χ1n) is 8.25. The van der Waals surface area contributed by atoms with E-state index in [0.717, 1.165) is 6.07 Å². The third kappa shape index (κ3) is 7.00. The highest BCUT2D eigenvalue weighted by Crippen LogP contribution is 2.22. The predicted octanol–water partition coefficient (Wildman–Crippen LogP) is 2.97. The van der Waals surface area contributed by atoms with Crippen LogP contribution in [-0.4, -0.2) is 39.8 Å². The van der Waals surface area contributed by atoms with E-state index in [0.29, 0.717) is 6.42 Å². The summed E-state index contributed by atoms with van der Waals surface area (Å²) in [6.45, 7) is 8.95. The summed E-state index contributed by atoms with van der Waals surface area (Å²) in [6.07, 6.45) is -0.343. The number of anilines is 1. The van der Waals surface area contributed by atoms with E-state index in [2.05, 4.69) is 10.6 Å². The molecule has 4 N–H and O–H groups in total. The van der Waals surface area contributed by atoms with Crippen LogP contribution in [0.4, 0.5) is 10.5 Å². The van der Waals surface area contributed by atoms with Gasteiger partial charge in [0.2, 0.25) is 5.91 Å². The molecule has 1 rings (SSSR count). The molecule has 0 saturated heterocycles. The standard InChI is InChI=1S/C18H26N2O6/c1-10(2)8-13(20-17(25)26-18(3,4)5)15(22)19-11-6-7-14(21)12(9-11)16(23)24/h6-7,9-10,13,21H,8H2,1-5H3,(H,19,22)(H,20,25)(H,23,24)/t13-/m0/s1. The number of amides is 2. The molecule has 0 aromatic heterocycles. The second kappa shape index (κ2) is 8.55. The number of carbonyl (C=O) groups excluding carboxylic acids is 2. The number of hydrogen-bond acceptors (Lipinski definition) is 5. The van der Waals surface area contributed by atoms with E-state index < -0.39 is 35.4 Å². The van der Waals surface area contributed by atoms with Crippen LogP contribution in [0.2, 0.25) is 0 Å². The summed E-state index contributed by atoms with van der Waals surface area (Å²) in [6, 6.07) is 2.85. The quantitative estimate of drug-likeness (QED) is 0.574. The highest BCUT2D eigenvalue weighted by molar-refractivity contribution is 5.98. The van der Waals surface area contributed by atoms with Gasteiger partial charge in [-0.15, -0.1) is 0 Å². The number of ether oxygens (including phenoxy) is 1. The molecule has 8 nitrogen and oxygen atoms in total. The van der Waals surface area contributed by atoms with E-state index in [1.807, 2.05) is 13.8 Å². The van der Waals surface area contributed by atoms with Crippen molar-refractivity contribution >= 4 is 23.7 Å². The van der Waals surface area contributed by atoms with E-state index in [1.54, 1.807) is 20.8 Å². The van der Waals surface area contributed by atoms with Gasteiger partial charge in [0.1, 0.15) is 23.0 Å². The van der Waals surface area contributed by atoms with Crippen LogP contribution < -0.4 is 10.6 Å². The fourth-order valence-electron chi connectivity index (χ4n) is 2.17. The molecule has 0 bridgehead atoms. The van der Waals surface area contributed by atoms with Crippen LogP contribution in [0.25, 0.3) is 0 Å². The van der Waals surface area contributed by atoms with Gasteiger partial charge in [-0.05, 0) is 51.3 Å². The number of alkyl carbamates (subject to hydrolysis) is 1. The van der Waals surface area contributed by atoms with Crippen molar-refractivity contribution in [1.29, 1.82) is 0 Å². The van der Waals surface area contributed by atoms with E-state index >= 15 is 0 Å². The SMILES string of the molecule is CC(C)C[C@H](NC(=O)OC(C)(C)C)C(=O)Nc1ccc(O)c(C(=O)O)c1. The lowest BCUT2D eigenvalue weighted by Crippen LogP contribution is -2.46. The highest BCUT2D eigenvalue weighted by atomic mass is 16.6. The van der Waals surface area contributed by atoms with Crippen LogP contribution in [0.15, 0.2) is 18.2 Å². The maximum atomic E-state index is 12.5. The molecule has 0 saturated carbocycles. The van der Waals surface area contributed by atoms with Crippen LogP contribution in [0.3, 0.4) is 0 Å². The Morgan fingerprint density at radius 3 is 2.31 bits per heavy atom. The zero-order chi connectivity index (χ0) is 20.1. The maximum Gasteiger partial charge on any atom is 0.408 e. The fourth-order valence-corrected chi connectivity index (χ4v) is 2.17. The Hall–Kier alpha value is -2.77. The zero-order valence-corrected chi connectivity index (χ0v) is 15.6. The van der Waals surface area contributed by atoms with Gasteiger partial charge >= 0.3 is 12.1 Å². The summed E-state index contributed by atoms with van der Waals surface area (Å²) >= 11 is 0. The Kier molecular flexibility index (Phi) is 7.00. The molecule has 1 aromatic rings. The van der Waals surface area contributed by atoms with Gasteiger partial charge in [0, 0.05) is 5.69 Å². The molecule has 1 aromatic carbocycles. The molecule has 2 amide bonds. The number of carbonyl (C=O) groups is 3. The van der Waals surface area contributed by atoms with Crippen molar-refractivity contribution in [1.82, 2.24) is 5.32 Å². The first-order valence-corrected chi connectivity index (χ1v) is 8.25. The van der Waals surface area contributed by atoms with E-state index in [1.165, 1.54) is 12.1 Å². The number of carboxylic acids is 1. The molecule has 0 fully saturated rings. The van der Waals surface area contributed by atoms with Crippen molar-refractivity contribution in [3.63, 3.8) is 0 Å². The molecule has 144 valence electrons. The number of aromatic carboxylic acids is 1. The molecule has 0 aliphatic rings. The molecule has 0 spiro atoms.